The number of alkyl halides is 3. The summed E-state index contributed by atoms with van der Waals surface area (Å²) in [7, 11) is 0. The van der Waals surface area contributed by atoms with Gasteiger partial charge in [-0.05, 0) is 56.9 Å². The summed E-state index contributed by atoms with van der Waals surface area (Å²) in [6, 6.07) is 5.47. The molecule has 2 aliphatic rings. The zero-order valence-electron chi connectivity index (χ0n) is 21.5. The van der Waals surface area contributed by atoms with E-state index in [1.54, 1.807) is 24.7 Å². The summed E-state index contributed by atoms with van der Waals surface area (Å²) in [6.45, 7) is 4.07. The predicted molar refractivity (Wildman–Crippen MR) is 143 cm³/mol. The van der Waals surface area contributed by atoms with Gasteiger partial charge in [0.05, 0.1) is 23.0 Å². The first-order chi connectivity index (χ1) is 19.0. The van der Waals surface area contributed by atoms with E-state index in [4.69, 9.17) is 26.8 Å². The molecule has 14 heteroatoms. The number of ether oxygens (including phenoxy) is 2. The lowest BCUT2D eigenvalue weighted by Crippen LogP contribution is -2.17. The zero-order valence-corrected chi connectivity index (χ0v) is 22.3. The molecular weight excluding hydrogens is 551 g/mol. The van der Waals surface area contributed by atoms with Gasteiger partial charge in [0, 0.05) is 36.4 Å². The lowest BCUT2D eigenvalue weighted by atomic mass is 10.1. The van der Waals surface area contributed by atoms with Crippen LogP contribution in [0.4, 0.5) is 19.0 Å². The number of carbonyl (C=O) groups excluding carboxylic acids is 1. The van der Waals surface area contributed by atoms with Crippen molar-refractivity contribution in [2.45, 2.75) is 46.0 Å². The summed E-state index contributed by atoms with van der Waals surface area (Å²) in [6.07, 6.45) is 0.597. The van der Waals surface area contributed by atoms with Gasteiger partial charge in [0.15, 0.2) is 11.5 Å². The van der Waals surface area contributed by atoms with Crippen molar-refractivity contribution in [3.05, 3.63) is 52.3 Å². The molecule has 2 aromatic heterocycles. The topological polar surface area (TPSA) is 119 Å². The molecule has 0 unspecified atom stereocenters. The first kappa shape index (κ1) is 27.4. The number of aryl methyl sites for hydroxylation is 1. The Kier molecular flexibility index (Phi) is 7.41. The third-order valence-electron chi connectivity index (χ3n) is 6.26. The van der Waals surface area contributed by atoms with E-state index in [0.717, 1.165) is 12.8 Å². The number of nitrogens with zero attached hydrogens (tertiary/aromatic N) is 5. The Morgan fingerprint density at radius 3 is 2.60 bits per heavy atom. The number of rotatable bonds is 7. The number of anilines is 1. The molecular formula is C26H25ClF3N7O3. The number of aromatic nitrogens is 4. The number of halogens is 4. The predicted octanol–water partition coefficient (Wildman–Crippen LogP) is 5.71. The molecule has 0 amide bonds. The van der Waals surface area contributed by atoms with Crippen LogP contribution in [0.15, 0.2) is 35.3 Å². The van der Waals surface area contributed by atoms with Gasteiger partial charge in [-0.1, -0.05) is 11.6 Å². The van der Waals surface area contributed by atoms with Crippen molar-refractivity contribution in [1.29, 1.82) is 5.41 Å². The van der Waals surface area contributed by atoms with Gasteiger partial charge >= 0.3 is 12.3 Å². The Labute approximate surface area is 231 Å². The minimum Gasteiger partial charge on any atom is -0.461 e. The van der Waals surface area contributed by atoms with Crippen LogP contribution in [-0.2, 0) is 17.7 Å². The van der Waals surface area contributed by atoms with Crippen LogP contribution in [-0.4, -0.2) is 50.5 Å². The second-order valence-electron chi connectivity index (χ2n) is 9.31. The molecule has 0 atom stereocenters. The Bertz CT molecular complexity index is 1520. The van der Waals surface area contributed by atoms with Gasteiger partial charge in [0.25, 0.3) is 0 Å². The van der Waals surface area contributed by atoms with E-state index in [1.807, 2.05) is 0 Å². The molecule has 10 nitrogen and oxygen atoms in total. The van der Waals surface area contributed by atoms with Crippen molar-refractivity contribution >= 4 is 41.3 Å². The first-order valence-electron chi connectivity index (χ1n) is 12.5. The van der Waals surface area contributed by atoms with Crippen LogP contribution in [0.5, 0.6) is 5.75 Å². The van der Waals surface area contributed by atoms with E-state index in [9.17, 15) is 18.0 Å². The highest BCUT2D eigenvalue weighted by atomic mass is 35.5. The highest BCUT2D eigenvalue weighted by molar-refractivity contribution is 6.34. The first-order valence-corrected chi connectivity index (χ1v) is 12.9. The van der Waals surface area contributed by atoms with E-state index >= 15 is 0 Å². The van der Waals surface area contributed by atoms with Crippen LogP contribution >= 0.6 is 11.6 Å². The number of amidine groups is 1. The van der Waals surface area contributed by atoms with E-state index < -0.39 is 12.3 Å². The maximum Gasteiger partial charge on any atom is 0.573 e. The zero-order chi connectivity index (χ0) is 28.6. The van der Waals surface area contributed by atoms with Gasteiger partial charge in [-0.15, -0.1) is 13.2 Å². The molecule has 1 fully saturated rings. The normalized spacial score (nSPS) is 17.6. The number of nitrogens with one attached hydrogen (secondary N) is 2. The van der Waals surface area contributed by atoms with Crippen molar-refractivity contribution in [3.63, 3.8) is 0 Å². The number of hydrogen-bond acceptors (Lipinski definition) is 7. The third kappa shape index (κ3) is 5.88. The molecule has 1 aliphatic carbocycles. The average molecular weight is 576 g/mol. The second-order valence-corrected chi connectivity index (χ2v) is 9.69. The smallest absolute Gasteiger partial charge is 0.461 e. The molecule has 1 aromatic carbocycles. The Balaban J connectivity index is 1.53. The summed E-state index contributed by atoms with van der Waals surface area (Å²) >= 11 is 6.36. The van der Waals surface area contributed by atoms with Crippen LogP contribution in [0.1, 0.15) is 41.5 Å². The summed E-state index contributed by atoms with van der Waals surface area (Å²) in [4.78, 5) is 17.1. The van der Waals surface area contributed by atoms with Crippen molar-refractivity contribution in [3.8, 4) is 17.0 Å². The largest absolute Gasteiger partial charge is 0.573 e. The van der Waals surface area contributed by atoms with Crippen LogP contribution < -0.4 is 10.1 Å². The number of esters is 1. The maximum absolute atomic E-state index is 12.6. The van der Waals surface area contributed by atoms with Gasteiger partial charge in [0.2, 0.25) is 0 Å². The van der Waals surface area contributed by atoms with Crippen molar-refractivity contribution in [1.82, 2.24) is 19.6 Å². The summed E-state index contributed by atoms with van der Waals surface area (Å²) in [5.74, 6) is 0.127. The molecule has 2 N–H and O–H groups in total. The molecule has 0 bridgehead atoms. The molecule has 210 valence electrons. The molecule has 40 heavy (non-hydrogen) atoms. The molecule has 1 aliphatic heterocycles. The fraction of sp³-hybridized carbons (Fsp3) is 0.346. The van der Waals surface area contributed by atoms with E-state index in [2.05, 4.69) is 20.1 Å². The van der Waals surface area contributed by atoms with Gasteiger partial charge < -0.3 is 14.8 Å². The quantitative estimate of drug-likeness (QED) is 0.348. The maximum atomic E-state index is 12.6. The second kappa shape index (κ2) is 10.8. The number of hydrogen-bond donors (Lipinski definition) is 2. The number of carbonyl (C=O) groups is 1. The van der Waals surface area contributed by atoms with Gasteiger partial charge in [-0.3, -0.25) is 5.41 Å². The van der Waals surface area contributed by atoms with Gasteiger partial charge in [-0.2, -0.15) is 10.2 Å². The van der Waals surface area contributed by atoms with Crippen molar-refractivity contribution < 1.29 is 27.4 Å². The molecule has 3 aromatic rings. The van der Waals surface area contributed by atoms with Gasteiger partial charge in [-0.25, -0.2) is 19.2 Å². The minimum absolute atomic E-state index is 0.00394. The molecule has 3 heterocycles. The molecule has 0 radical (unpaired) electrons. The fourth-order valence-corrected chi connectivity index (χ4v) is 4.48. The van der Waals surface area contributed by atoms with E-state index in [0.29, 0.717) is 40.8 Å². The van der Waals surface area contributed by atoms with E-state index in [1.165, 1.54) is 35.0 Å². The third-order valence-corrected chi connectivity index (χ3v) is 6.71. The standard InChI is InChI=1S/C26H25ClF3N7O3/c1-3-39-25(38)23-21(27)14(2)34-37(23)20-12-19(31)33-24-18(10-11-32-20)22(35-36(24)13-15-4-5-15)16-6-8-17(9-7-16)40-26(28,29)30/h6-9,11-12,15H,3-5,10,13H2,1-2H3,(H2,31,33)/b20-12+,32-11-. The molecule has 5 rings (SSSR count). The number of fused-ring (bicyclic) bond motifs is 1. The van der Waals surface area contributed by atoms with Crippen LogP contribution in [0.2, 0.25) is 5.02 Å². The van der Waals surface area contributed by atoms with Crippen LogP contribution in [0, 0.1) is 18.3 Å². The highest BCUT2D eigenvalue weighted by Gasteiger charge is 2.31. The van der Waals surface area contributed by atoms with Gasteiger partial charge in [0.1, 0.15) is 17.4 Å². The van der Waals surface area contributed by atoms with Crippen LogP contribution in [0.3, 0.4) is 0 Å². The summed E-state index contributed by atoms with van der Waals surface area (Å²) in [5, 5.41) is 21.0. The Hall–Kier alpha value is -4.13. The fourth-order valence-electron chi connectivity index (χ4n) is 4.28. The lowest BCUT2D eigenvalue weighted by Gasteiger charge is -2.11. The number of aliphatic imine (C=N–C) groups is 1. The average Bonchev–Trinajstić information content (AvgIpc) is 3.55. The monoisotopic (exact) mass is 575 g/mol. The Morgan fingerprint density at radius 1 is 1.23 bits per heavy atom. The van der Waals surface area contributed by atoms with E-state index in [-0.39, 0.29) is 41.2 Å². The lowest BCUT2D eigenvalue weighted by molar-refractivity contribution is -0.274. The Morgan fingerprint density at radius 2 is 1.95 bits per heavy atom. The summed E-state index contributed by atoms with van der Waals surface area (Å²) in [5.41, 5.74) is 2.20. The molecule has 0 saturated heterocycles. The van der Waals surface area contributed by atoms with Crippen LogP contribution in [0.25, 0.3) is 17.1 Å². The molecule has 0 spiro atoms. The minimum atomic E-state index is -4.79. The molecule has 1 saturated carbocycles. The highest BCUT2D eigenvalue weighted by Crippen LogP contribution is 2.36. The van der Waals surface area contributed by atoms with Crippen molar-refractivity contribution in [2.75, 3.05) is 11.9 Å². The summed E-state index contributed by atoms with van der Waals surface area (Å²) < 4.78 is 50.1. The SMILES string of the molecule is CCOC(=O)c1c(Cl)c(C)nn1C1=C/C(=N)Nc2c(c(-c3ccc(OC(F)(F)F)cc3)nn2CC2CC2)C/C=N\1. The number of benzene rings is 1. The van der Waals surface area contributed by atoms with Crippen molar-refractivity contribution in [2.24, 2.45) is 10.9 Å².